The van der Waals surface area contributed by atoms with Crippen molar-refractivity contribution >= 4 is 45.9 Å². The van der Waals surface area contributed by atoms with Crippen LogP contribution >= 0.6 is 23.2 Å². The third-order valence-corrected chi connectivity index (χ3v) is 6.20. The zero-order chi connectivity index (χ0) is 22.0. The zero-order valence-electron chi connectivity index (χ0n) is 16.6. The highest BCUT2D eigenvalue weighted by Crippen LogP contribution is 2.36. The van der Waals surface area contributed by atoms with Crippen molar-refractivity contribution in [3.05, 3.63) is 47.0 Å². The second-order valence-electron chi connectivity index (χ2n) is 7.42. The van der Waals surface area contributed by atoms with Gasteiger partial charge >= 0.3 is 5.97 Å². The van der Waals surface area contributed by atoms with Crippen LogP contribution in [0, 0.1) is 0 Å². The molecule has 10 heteroatoms. The van der Waals surface area contributed by atoms with E-state index in [2.05, 4.69) is 4.98 Å². The third kappa shape index (κ3) is 4.62. The first-order valence-corrected chi connectivity index (χ1v) is 10.7. The molecule has 2 unspecified atom stereocenters. The van der Waals surface area contributed by atoms with E-state index in [0.717, 1.165) is 30.5 Å². The molecule has 31 heavy (non-hydrogen) atoms. The Morgan fingerprint density at radius 1 is 1.35 bits per heavy atom. The van der Waals surface area contributed by atoms with E-state index in [-0.39, 0.29) is 25.7 Å². The van der Waals surface area contributed by atoms with E-state index in [1.165, 1.54) is 0 Å². The first-order chi connectivity index (χ1) is 15.0. The second kappa shape index (κ2) is 9.40. The van der Waals surface area contributed by atoms with Crippen LogP contribution in [0.3, 0.4) is 0 Å². The second-order valence-corrected chi connectivity index (χ2v) is 8.20. The van der Waals surface area contributed by atoms with Gasteiger partial charge in [-0.15, -0.1) is 0 Å². The van der Waals surface area contributed by atoms with Crippen molar-refractivity contribution in [1.82, 2.24) is 14.5 Å². The summed E-state index contributed by atoms with van der Waals surface area (Å²) in [5.41, 5.74) is 1.43. The summed E-state index contributed by atoms with van der Waals surface area (Å²) < 4.78 is 7.24. The van der Waals surface area contributed by atoms with Crippen LogP contribution in [0.4, 0.5) is 5.82 Å². The maximum atomic E-state index is 10.7. The van der Waals surface area contributed by atoms with Crippen LogP contribution in [0.2, 0.25) is 10.0 Å². The van der Waals surface area contributed by atoms with Crippen molar-refractivity contribution in [3.63, 3.8) is 0 Å². The van der Waals surface area contributed by atoms with E-state index in [1.54, 1.807) is 18.6 Å². The number of anilines is 1. The van der Waals surface area contributed by atoms with Crippen molar-refractivity contribution in [2.75, 3.05) is 24.7 Å². The lowest BCUT2D eigenvalue weighted by Crippen LogP contribution is -2.42. The number of hydrogen-bond acceptors (Lipinski definition) is 6. The summed E-state index contributed by atoms with van der Waals surface area (Å²) >= 11 is 12.7. The molecule has 1 aromatic carbocycles. The summed E-state index contributed by atoms with van der Waals surface area (Å²) in [6, 6.07) is 5.36. The maximum Gasteiger partial charge on any atom is 0.305 e. The van der Waals surface area contributed by atoms with Crippen LogP contribution in [0.1, 0.15) is 19.3 Å². The molecule has 3 aromatic rings. The summed E-state index contributed by atoms with van der Waals surface area (Å²) in [5, 5.41) is 21.1. The van der Waals surface area contributed by atoms with Crippen molar-refractivity contribution in [2.45, 2.75) is 31.4 Å². The van der Waals surface area contributed by atoms with Crippen molar-refractivity contribution in [3.8, 4) is 5.69 Å². The molecule has 8 nitrogen and oxygen atoms in total. The number of benzene rings is 1. The fraction of sp³-hybridized carbons (Fsp3) is 0.381. The number of fused-ring (bicyclic) bond motifs is 1. The van der Waals surface area contributed by atoms with E-state index < -0.39 is 12.1 Å². The fourth-order valence-electron chi connectivity index (χ4n) is 3.92. The van der Waals surface area contributed by atoms with Gasteiger partial charge in [-0.1, -0.05) is 23.2 Å². The zero-order valence-corrected chi connectivity index (χ0v) is 18.1. The molecule has 164 valence electrons. The Bertz CT molecular complexity index is 1080. The SMILES string of the molecule is O=C(O)CCOCC(O)C1CCCN1c1cc(-n2ccnc2)c2ccc(Cl)c(Cl)c2n1. The number of carboxylic acids is 1. The minimum Gasteiger partial charge on any atom is -0.481 e. The number of carboxylic acid groups (broad SMARTS) is 1. The first-order valence-electron chi connectivity index (χ1n) is 9.97. The van der Waals surface area contributed by atoms with Gasteiger partial charge in [-0.2, -0.15) is 0 Å². The number of aromatic nitrogens is 3. The van der Waals surface area contributed by atoms with Crippen LogP contribution in [0.5, 0.6) is 0 Å². The predicted octanol–water partition coefficient (Wildman–Crippen LogP) is 3.55. The number of pyridine rings is 1. The molecule has 4 rings (SSSR count). The van der Waals surface area contributed by atoms with E-state index in [0.29, 0.717) is 21.4 Å². The van der Waals surface area contributed by atoms with Gasteiger partial charge in [-0.25, -0.2) is 9.97 Å². The molecule has 0 radical (unpaired) electrons. The molecule has 1 aliphatic rings. The topological polar surface area (TPSA) is 101 Å². The lowest BCUT2D eigenvalue weighted by atomic mass is 10.1. The monoisotopic (exact) mass is 464 g/mol. The number of imidazole rings is 1. The van der Waals surface area contributed by atoms with E-state index in [4.69, 9.17) is 38.0 Å². The average Bonchev–Trinajstić information content (AvgIpc) is 3.45. The molecule has 2 N–H and O–H groups in total. The van der Waals surface area contributed by atoms with Gasteiger partial charge in [0.1, 0.15) is 5.82 Å². The van der Waals surface area contributed by atoms with Crippen LogP contribution < -0.4 is 4.90 Å². The first kappa shape index (κ1) is 21.8. The summed E-state index contributed by atoms with van der Waals surface area (Å²) in [6.45, 7) is 0.839. The van der Waals surface area contributed by atoms with Crippen molar-refractivity contribution in [1.29, 1.82) is 0 Å². The Hall–Kier alpha value is -2.39. The molecule has 0 spiro atoms. The average molecular weight is 465 g/mol. The Labute approximate surface area is 189 Å². The maximum absolute atomic E-state index is 10.7. The highest BCUT2D eigenvalue weighted by Gasteiger charge is 2.32. The van der Waals surface area contributed by atoms with Gasteiger partial charge in [-0.05, 0) is 25.0 Å². The fourth-order valence-corrected chi connectivity index (χ4v) is 4.28. The molecule has 2 aromatic heterocycles. The molecular formula is C21H22Cl2N4O4. The van der Waals surface area contributed by atoms with Gasteiger partial charge in [0, 0.05) is 30.4 Å². The summed E-state index contributed by atoms with van der Waals surface area (Å²) in [6.07, 6.45) is 6.02. The largest absolute Gasteiger partial charge is 0.481 e. The Kier molecular flexibility index (Phi) is 6.62. The molecule has 1 saturated heterocycles. The van der Waals surface area contributed by atoms with Crippen molar-refractivity contribution < 1.29 is 19.7 Å². The molecule has 1 fully saturated rings. The van der Waals surface area contributed by atoms with Gasteiger partial charge in [0.2, 0.25) is 0 Å². The Morgan fingerprint density at radius 2 is 2.19 bits per heavy atom. The van der Waals surface area contributed by atoms with E-state index >= 15 is 0 Å². The standard InChI is InChI=1S/C21H22Cl2N4O4/c22-14-4-3-13-16(26-8-6-24-12-26)10-18(25-21(13)20(14)23)27-7-1-2-15(27)17(28)11-31-9-5-19(29)30/h3-4,6,8,10,12,15,17,28H,1-2,5,7,9,11H2,(H,29,30). The molecule has 0 aliphatic carbocycles. The molecule has 3 heterocycles. The molecule has 1 aliphatic heterocycles. The highest BCUT2D eigenvalue weighted by molar-refractivity contribution is 6.45. The normalized spacial score (nSPS) is 17.4. The Balaban J connectivity index is 1.66. The molecule has 2 atom stereocenters. The van der Waals surface area contributed by atoms with Gasteiger partial charge in [-0.3, -0.25) is 4.79 Å². The number of aliphatic hydroxyl groups is 1. The van der Waals surface area contributed by atoms with Gasteiger partial charge in [0.25, 0.3) is 0 Å². The quantitative estimate of drug-likeness (QED) is 0.491. The van der Waals surface area contributed by atoms with E-state index in [9.17, 15) is 9.90 Å². The lowest BCUT2D eigenvalue weighted by molar-refractivity contribution is -0.138. The predicted molar refractivity (Wildman–Crippen MR) is 118 cm³/mol. The van der Waals surface area contributed by atoms with Gasteiger partial charge in [0.05, 0.1) is 59.4 Å². The van der Waals surface area contributed by atoms with Crippen LogP contribution in [-0.2, 0) is 9.53 Å². The van der Waals surface area contributed by atoms with Gasteiger partial charge in [0.15, 0.2) is 0 Å². The van der Waals surface area contributed by atoms with Crippen LogP contribution in [-0.4, -0.2) is 62.6 Å². The van der Waals surface area contributed by atoms with Crippen molar-refractivity contribution in [2.24, 2.45) is 0 Å². The number of carbonyl (C=O) groups is 1. The minimum absolute atomic E-state index is 0.0585. The highest BCUT2D eigenvalue weighted by atomic mass is 35.5. The number of aliphatic hydroxyl groups excluding tert-OH is 1. The number of aliphatic carboxylic acids is 1. The molecular weight excluding hydrogens is 443 g/mol. The van der Waals surface area contributed by atoms with Crippen LogP contribution in [0.25, 0.3) is 16.6 Å². The van der Waals surface area contributed by atoms with E-state index in [1.807, 2.05) is 27.8 Å². The summed E-state index contributed by atoms with van der Waals surface area (Å²) in [4.78, 5) is 21.6. The van der Waals surface area contributed by atoms with Crippen LogP contribution in [0.15, 0.2) is 36.9 Å². The minimum atomic E-state index is -0.931. The molecule has 0 saturated carbocycles. The molecule has 0 amide bonds. The third-order valence-electron chi connectivity index (χ3n) is 5.41. The number of nitrogens with zero attached hydrogens (tertiary/aromatic N) is 4. The Morgan fingerprint density at radius 3 is 2.94 bits per heavy atom. The smallest absolute Gasteiger partial charge is 0.305 e. The number of ether oxygens (including phenoxy) is 1. The van der Waals surface area contributed by atoms with Gasteiger partial charge < -0.3 is 24.4 Å². The lowest BCUT2D eigenvalue weighted by Gasteiger charge is -2.30. The number of halogens is 2. The number of rotatable bonds is 8. The summed E-state index contributed by atoms with van der Waals surface area (Å²) in [7, 11) is 0. The summed E-state index contributed by atoms with van der Waals surface area (Å²) in [5.74, 6) is -0.257. The number of hydrogen-bond donors (Lipinski definition) is 2. The molecule has 0 bridgehead atoms.